The molecule has 0 unspecified atom stereocenters. The highest BCUT2D eigenvalue weighted by Crippen LogP contribution is 2.37. The number of rotatable bonds is 6. The minimum atomic E-state index is -0.362. The largest absolute Gasteiger partial charge is 0.495 e. The molecular formula is C20H22ClN3O2S2. The molecule has 2 heterocycles. The maximum Gasteiger partial charge on any atom is 0.188 e. The molecule has 28 heavy (non-hydrogen) atoms. The van der Waals surface area contributed by atoms with Crippen LogP contribution in [0.4, 0.5) is 10.8 Å². The van der Waals surface area contributed by atoms with Crippen molar-refractivity contribution in [3.63, 3.8) is 0 Å². The lowest BCUT2D eigenvalue weighted by molar-refractivity contribution is -0.125. The molecule has 0 spiro atoms. The van der Waals surface area contributed by atoms with Crippen LogP contribution in [0.15, 0.2) is 23.6 Å². The normalized spacial score (nSPS) is 11.5. The van der Waals surface area contributed by atoms with Crippen molar-refractivity contribution < 1.29 is 9.53 Å². The number of nitrogens with zero attached hydrogens (tertiary/aromatic N) is 2. The zero-order valence-electron chi connectivity index (χ0n) is 16.4. The number of Topliss-reactive ketones (excluding diaryl/α,β-unsaturated/α-hetero) is 1. The minimum Gasteiger partial charge on any atom is -0.495 e. The third-order valence-corrected chi connectivity index (χ3v) is 6.31. The van der Waals surface area contributed by atoms with Crippen LogP contribution >= 0.6 is 34.3 Å². The summed E-state index contributed by atoms with van der Waals surface area (Å²) in [5.74, 6) is 0.875. The molecule has 0 aliphatic carbocycles. The molecule has 0 atom stereocenters. The van der Waals surface area contributed by atoms with E-state index in [1.54, 1.807) is 19.2 Å². The van der Waals surface area contributed by atoms with Gasteiger partial charge in [-0.25, -0.2) is 9.97 Å². The number of nitrogens with one attached hydrogen (secondary N) is 1. The Bertz CT molecular complexity index is 1010. The fourth-order valence-corrected chi connectivity index (χ4v) is 4.45. The second-order valence-electron chi connectivity index (χ2n) is 7.38. The van der Waals surface area contributed by atoms with Crippen LogP contribution in [0.3, 0.4) is 0 Å². The standard InChI is InChI=1S/C20H22ClN3O2S2/c1-11-18(14-10-27-17(23-14)9-16(25)20(2,3)4)28-19(22-11)24-13-8-12(21)6-7-15(13)26-5/h6-8,10H,9H2,1-5H3,(H,22,24). The summed E-state index contributed by atoms with van der Waals surface area (Å²) < 4.78 is 5.38. The summed E-state index contributed by atoms with van der Waals surface area (Å²) in [5, 5.41) is 7.43. The van der Waals surface area contributed by atoms with E-state index in [0.717, 1.165) is 32.1 Å². The number of methoxy groups -OCH3 is 1. The van der Waals surface area contributed by atoms with Crippen LogP contribution in [0.25, 0.3) is 10.6 Å². The van der Waals surface area contributed by atoms with Gasteiger partial charge in [-0.3, -0.25) is 4.79 Å². The smallest absolute Gasteiger partial charge is 0.188 e. The maximum atomic E-state index is 12.3. The first kappa shape index (κ1) is 20.8. The van der Waals surface area contributed by atoms with Gasteiger partial charge in [0.15, 0.2) is 5.13 Å². The summed E-state index contributed by atoms with van der Waals surface area (Å²) in [6, 6.07) is 5.39. The first-order valence-electron chi connectivity index (χ1n) is 8.73. The molecule has 1 N–H and O–H groups in total. The Labute approximate surface area is 177 Å². The fraction of sp³-hybridized carbons (Fsp3) is 0.350. The zero-order valence-corrected chi connectivity index (χ0v) is 18.8. The van der Waals surface area contributed by atoms with Gasteiger partial charge in [-0.1, -0.05) is 43.7 Å². The number of halogens is 1. The molecule has 2 aromatic heterocycles. The number of carbonyl (C=O) groups is 1. The molecule has 8 heteroatoms. The number of hydrogen-bond donors (Lipinski definition) is 1. The molecule has 3 aromatic rings. The van der Waals surface area contributed by atoms with Gasteiger partial charge in [0.2, 0.25) is 0 Å². The van der Waals surface area contributed by atoms with Crippen LogP contribution < -0.4 is 10.1 Å². The number of benzene rings is 1. The Morgan fingerprint density at radius 3 is 2.71 bits per heavy atom. The molecule has 0 saturated heterocycles. The first-order chi connectivity index (χ1) is 13.2. The van der Waals surface area contributed by atoms with Crippen molar-refractivity contribution in [1.82, 2.24) is 9.97 Å². The number of thiazole rings is 2. The van der Waals surface area contributed by atoms with Crippen molar-refractivity contribution in [3.8, 4) is 16.3 Å². The van der Waals surface area contributed by atoms with Crippen LogP contribution in [0.5, 0.6) is 5.75 Å². The van der Waals surface area contributed by atoms with E-state index < -0.39 is 0 Å². The van der Waals surface area contributed by atoms with Gasteiger partial charge in [0.25, 0.3) is 0 Å². The first-order valence-corrected chi connectivity index (χ1v) is 10.8. The second kappa shape index (κ2) is 8.19. The lowest BCUT2D eigenvalue weighted by atomic mass is 9.89. The molecule has 0 aliphatic rings. The van der Waals surface area contributed by atoms with Gasteiger partial charge in [0.05, 0.1) is 35.5 Å². The van der Waals surface area contributed by atoms with E-state index in [2.05, 4.69) is 15.3 Å². The Kier molecular flexibility index (Phi) is 6.07. The van der Waals surface area contributed by atoms with Crippen LogP contribution in [0.1, 0.15) is 31.5 Å². The maximum absolute atomic E-state index is 12.3. The number of hydrogen-bond acceptors (Lipinski definition) is 7. The van der Waals surface area contributed by atoms with E-state index in [1.165, 1.54) is 22.7 Å². The minimum absolute atomic E-state index is 0.185. The number of aromatic nitrogens is 2. The van der Waals surface area contributed by atoms with Crippen molar-refractivity contribution >= 4 is 50.9 Å². The summed E-state index contributed by atoms with van der Waals surface area (Å²) >= 11 is 9.12. The summed E-state index contributed by atoms with van der Waals surface area (Å²) in [6.07, 6.45) is 0.358. The quantitative estimate of drug-likeness (QED) is 0.503. The van der Waals surface area contributed by atoms with Crippen molar-refractivity contribution in [1.29, 1.82) is 0 Å². The lowest BCUT2D eigenvalue weighted by Gasteiger charge is -2.15. The van der Waals surface area contributed by atoms with Crippen molar-refractivity contribution in [2.24, 2.45) is 5.41 Å². The van der Waals surface area contributed by atoms with E-state index in [-0.39, 0.29) is 11.2 Å². The van der Waals surface area contributed by atoms with E-state index in [0.29, 0.717) is 17.2 Å². The topological polar surface area (TPSA) is 64.1 Å². The van der Waals surface area contributed by atoms with E-state index in [4.69, 9.17) is 16.3 Å². The predicted molar refractivity (Wildman–Crippen MR) is 117 cm³/mol. The predicted octanol–water partition coefficient (Wildman–Crippen LogP) is 6.14. The lowest BCUT2D eigenvalue weighted by Crippen LogP contribution is -2.21. The average Bonchev–Trinajstić information content (AvgIpc) is 3.20. The second-order valence-corrected chi connectivity index (χ2v) is 9.76. The summed E-state index contributed by atoms with van der Waals surface area (Å²) in [4.78, 5) is 22.5. The monoisotopic (exact) mass is 435 g/mol. The average molecular weight is 436 g/mol. The van der Waals surface area contributed by atoms with Crippen LogP contribution in [0.2, 0.25) is 5.02 Å². The number of anilines is 2. The highest BCUT2D eigenvalue weighted by molar-refractivity contribution is 7.19. The summed E-state index contributed by atoms with van der Waals surface area (Å²) in [7, 11) is 1.61. The number of ketones is 1. The van der Waals surface area contributed by atoms with E-state index in [9.17, 15) is 4.79 Å². The molecule has 0 radical (unpaired) electrons. The van der Waals surface area contributed by atoms with Crippen LogP contribution in [0, 0.1) is 12.3 Å². The number of aryl methyl sites for hydroxylation is 1. The molecule has 0 amide bonds. The molecule has 0 aliphatic heterocycles. The summed E-state index contributed by atoms with van der Waals surface area (Å²) in [5.41, 5.74) is 2.12. The molecule has 1 aromatic carbocycles. The summed E-state index contributed by atoms with van der Waals surface area (Å²) in [6.45, 7) is 7.74. The van der Waals surface area contributed by atoms with Gasteiger partial charge in [-0.05, 0) is 25.1 Å². The number of carbonyl (C=O) groups excluding carboxylic acids is 1. The van der Waals surface area contributed by atoms with Gasteiger partial charge in [-0.2, -0.15) is 0 Å². The Morgan fingerprint density at radius 2 is 2.04 bits per heavy atom. The third-order valence-electron chi connectivity index (χ3n) is 4.13. The molecule has 0 bridgehead atoms. The Hall–Kier alpha value is -1.96. The molecule has 0 fully saturated rings. The third kappa shape index (κ3) is 4.71. The van der Waals surface area contributed by atoms with Gasteiger partial charge < -0.3 is 10.1 Å². The molecular weight excluding hydrogens is 414 g/mol. The SMILES string of the molecule is COc1ccc(Cl)cc1Nc1nc(C)c(-c2csc(CC(=O)C(C)(C)C)n2)s1. The van der Waals surface area contributed by atoms with E-state index >= 15 is 0 Å². The number of ether oxygens (including phenoxy) is 1. The van der Waals surface area contributed by atoms with Gasteiger partial charge in [-0.15, -0.1) is 11.3 Å². The van der Waals surface area contributed by atoms with Crippen molar-refractivity contribution in [3.05, 3.63) is 39.3 Å². The highest BCUT2D eigenvalue weighted by atomic mass is 35.5. The Morgan fingerprint density at radius 1 is 1.29 bits per heavy atom. The van der Waals surface area contributed by atoms with E-state index in [1.807, 2.05) is 39.1 Å². The molecule has 5 nitrogen and oxygen atoms in total. The molecule has 3 rings (SSSR count). The van der Waals surface area contributed by atoms with Crippen LogP contribution in [-0.2, 0) is 11.2 Å². The zero-order chi connectivity index (χ0) is 20.5. The van der Waals surface area contributed by atoms with Gasteiger partial charge in [0.1, 0.15) is 16.5 Å². The molecule has 0 saturated carbocycles. The van der Waals surface area contributed by atoms with Gasteiger partial charge >= 0.3 is 0 Å². The fourth-order valence-electron chi connectivity index (χ4n) is 2.48. The Balaban J connectivity index is 1.82. The molecule has 148 valence electrons. The van der Waals surface area contributed by atoms with Crippen molar-refractivity contribution in [2.45, 2.75) is 34.1 Å². The van der Waals surface area contributed by atoms with Crippen LogP contribution in [-0.4, -0.2) is 22.9 Å². The highest BCUT2D eigenvalue weighted by Gasteiger charge is 2.23. The van der Waals surface area contributed by atoms with Crippen molar-refractivity contribution in [2.75, 3.05) is 12.4 Å². The van der Waals surface area contributed by atoms with Gasteiger partial charge in [0, 0.05) is 15.8 Å².